The van der Waals surface area contributed by atoms with E-state index in [1.807, 2.05) is 0 Å². The number of carbonyl (C=O) groups is 4. The third-order valence-electron chi connectivity index (χ3n) is 2.99. The van der Waals surface area contributed by atoms with Gasteiger partial charge in [-0.2, -0.15) is 0 Å². The van der Waals surface area contributed by atoms with Gasteiger partial charge in [-0.05, 0) is 6.42 Å². The van der Waals surface area contributed by atoms with E-state index in [0.29, 0.717) is 30.1 Å². The number of esters is 1. The summed E-state index contributed by atoms with van der Waals surface area (Å²) in [4.78, 5) is 46.0. The van der Waals surface area contributed by atoms with E-state index < -0.39 is 5.41 Å². The van der Waals surface area contributed by atoms with E-state index in [1.54, 1.807) is 0 Å². The second-order valence-electron chi connectivity index (χ2n) is 5.56. The summed E-state index contributed by atoms with van der Waals surface area (Å²) in [5.74, 6) is 3.22. The largest absolute Gasteiger partial charge is 0.465 e. The maximum atomic E-state index is 11.9. The first-order chi connectivity index (χ1) is 11.7. The van der Waals surface area contributed by atoms with Gasteiger partial charge in [0.25, 0.3) is 0 Å². The Labute approximate surface area is 162 Å². The number of carbonyl (C=O) groups excluding carboxylic acids is 4. The third kappa shape index (κ3) is 13.0. The van der Waals surface area contributed by atoms with Crippen LogP contribution in [0.15, 0.2) is 0 Å². The van der Waals surface area contributed by atoms with Gasteiger partial charge in [-0.15, -0.1) is 12.3 Å². The summed E-state index contributed by atoms with van der Waals surface area (Å²) < 4.78 is 5.37. The Kier molecular flexibility index (Phi) is 12.8. The second kappa shape index (κ2) is 13.3. The molecule has 0 atom stereocenters. The van der Waals surface area contributed by atoms with Crippen molar-refractivity contribution in [2.75, 3.05) is 23.9 Å². The number of rotatable bonds is 11. The van der Waals surface area contributed by atoms with Crippen molar-refractivity contribution in [3.8, 4) is 12.3 Å². The maximum Gasteiger partial charge on any atom is 0.305 e. The fourth-order valence-corrected chi connectivity index (χ4v) is 4.43. The molecule has 0 amide bonds. The Hall–Kier alpha value is -0.910. The predicted octanol–water partition coefficient (Wildman–Crippen LogP) is 3.16. The molecule has 0 bridgehead atoms. The average molecular weight is 405 g/mol. The van der Waals surface area contributed by atoms with Gasteiger partial charge in [0.05, 0.1) is 6.61 Å². The minimum Gasteiger partial charge on any atom is -0.465 e. The molecule has 0 aromatic rings. The fraction of sp³-hybridized carbons (Fsp3) is 0.647. The van der Waals surface area contributed by atoms with E-state index in [2.05, 4.69) is 5.92 Å². The highest BCUT2D eigenvalue weighted by molar-refractivity contribution is 8.15. The van der Waals surface area contributed by atoms with E-state index in [9.17, 15) is 19.2 Å². The van der Waals surface area contributed by atoms with Gasteiger partial charge in [0, 0.05) is 56.3 Å². The van der Waals surface area contributed by atoms with Crippen LogP contribution in [0.4, 0.5) is 0 Å². The average Bonchev–Trinajstić information content (AvgIpc) is 2.53. The molecule has 140 valence electrons. The number of ether oxygens (including phenoxy) is 1. The summed E-state index contributed by atoms with van der Waals surface area (Å²) >= 11 is 3.33. The van der Waals surface area contributed by atoms with E-state index >= 15 is 0 Å². The quantitative estimate of drug-likeness (QED) is 0.295. The molecule has 0 N–H and O–H groups in total. The van der Waals surface area contributed by atoms with Crippen LogP contribution in [0, 0.1) is 17.8 Å². The summed E-state index contributed by atoms with van der Waals surface area (Å²) in [6.07, 6.45) is 6.43. The van der Waals surface area contributed by atoms with E-state index in [0.717, 1.165) is 35.3 Å². The van der Waals surface area contributed by atoms with Crippen LogP contribution in [0.1, 0.15) is 40.0 Å². The van der Waals surface area contributed by atoms with Gasteiger partial charge in [-0.1, -0.05) is 35.3 Å². The molecule has 5 nitrogen and oxygen atoms in total. The Balaban J connectivity index is 5.01. The van der Waals surface area contributed by atoms with Crippen molar-refractivity contribution in [3.63, 3.8) is 0 Å². The van der Waals surface area contributed by atoms with Gasteiger partial charge in [0.15, 0.2) is 15.3 Å². The molecule has 0 aromatic heterocycles. The SMILES string of the molecule is C#CCCCC(=O)OCC(CSC(C)=O)(CSC(C)=O)CSC(C)=O. The van der Waals surface area contributed by atoms with Gasteiger partial charge in [-0.3, -0.25) is 19.2 Å². The van der Waals surface area contributed by atoms with Crippen molar-refractivity contribution in [1.82, 2.24) is 0 Å². The van der Waals surface area contributed by atoms with Crippen LogP contribution < -0.4 is 0 Å². The highest BCUT2D eigenvalue weighted by atomic mass is 32.2. The highest BCUT2D eigenvalue weighted by Gasteiger charge is 2.34. The molecule has 25 heavy (non-hydrogen) atoms. The number of hydrogen-bond acceptors (Lipinski definition) is 8. The van der Waals surface area contributed by atoms with Crippen molar-refractivity contribution in [2.24, 2.45) is 5.41 Å². The molecular formula is C17H24O5S3. The summed E-state index contributed by atoms with van der Waals surface area (Å²) in [7, 11) is 0. The fourth-order valence-electron chi connectivity index (χ4n) is 1.65. The van der Waals surface area contributed by atoms with E-state index in [-0.39, 0.29) is 34.3 Å². The number of terminal acetylenes is 1. The molecular weight excluding hydrogens is 380 g/mol. The molecule has 0 fully saturated rings. The van der Waals surface area contributed by atoms with Gasteiger partial charge >= 0.3 is 5.97 Å². The highest BCUT2D eigenvalue weighted by Crippen LogP contribution is 2.33. The summed E-state index contributed by atoms with van der Waals surface area (Å²) in [6, 6.07) is 0. The van der Waals surface area contributed by atoms with Crippen molar-refractivity contribution in [2.45, 2.75) is 40.0 Å². The zero-order valence-corrected chi connectivity index (χ0v) is 17.2. The number of thioether (sulfide) groups is 3. The summed E-state index contributed by atoms with van der Waals surface area (Å²) in [5, 5.41) is -0.193. The van der Waals surface area contributed by atoms with Crippen LogP contribution in [-0.2, 0) is 23.9 Å². The van der Waals surface area contributed by atoms with E-state index in [1.165, 1.54) is 20.8 Å². The first-order valence-corrected chi connectivity index (χ1v) is 10.7. The molecule has 0 aromatic carbocycles. The topological polar surface area (TPSA) is 77.5 Å². The molecule has 0 saturated heterocycles. The molecule has 0 spiro atoms. The first-order valence-electron chi connectivity index (χ1n) is 7.70. The van der Waals surface area contributed by atoms with Crippen molar-refractivity contribution in [3.05, 3.63) is 0 Å². The minimum atomic E-state index is -0.634. The molecule has 0 unspecified atom stereocenters. The smallest absolute Gasteiger partial charge is 0.305 e. The lowest BCUT2D eigenvalue weighted by molar-refractivity contribution is -0.146. The van der Waals surface area contributed by atoms with E-state index in [4.69, 9.17) is 11.2 Å². The van der Waals surface area contributed by atoms with Gasteiger partial charge in [-0.25, -0.2) is 0 Å². The Morgan fingerprint density at radius 3 is 1.72 bits per heavy atom. The molecule has 0 aliphatic rings. The lowest BCUT2D eigenvalue weighted by Gasteiger charge is -2.31. The molecule has 0 aliphatic carbocycles. The van der Waals surface area contributed by atoms with Gasteiger partial charge in [0.1, 0.15) is 0 Å². The molecule has 0 radical (unpaired) electrons. The zero-order valence-electron chi connectivity index (χ0n) is 14.8. The Morgan fingerprint density at radius 2 is 1.36 bits per heavy atom. The lowest BCUT2D eigenvalue weighted by atomic mass is 9.97. The summed E-state index contributed by atoms with van der Waals surface area (Å²) in [6.45, 7) is 4.43. The second-order valence-corrected chi connectivity index (χ2v) is 9.02. The molecule has 8 heteroatoms. The van der Waals surface area contributed by atoms with Crippen LogP contribution in [0.2, 0.25) is 0 Å². The predicted molar refractivity (Wildman–Crippen MR) is 105 cm³/mol. The minimum absolute atomic E-state index is 0.0583. The van der Waals surface area contributed by atoms with Gasteiger partial charge < -0.3 is 4.74 Å². The van der Waals surface area contributed by atoms with Crippen LogP contribution >= 0.6 is 35.3 Å². The standard InChI is InChI=1S/C17H24O5S3/c1-5-6-7-8-16(21)22-9-17(10-23-13(2)18,11-24-14(3)19)12-25-15(4)20/h1H,6-12H2,2-4H3. The maximum absolute atomic E-state index is 11.9. The first kappa shape index (κ1) is 24.1. The zero-order chi connectivity index (χ0) is 19.3. The van der Waals surface area contributed by atoms with Crippen molar-refractivity contribution < 1.29 is 23.9 Å². The number of unbranched alkanes of at least 4 members (excludes halogenated alkanes) is 1. The Morgan fingerprint density at radius 1 is 0.920 bits per heavy atom. The van der Waals surface area contributed by atoms with Crippen LogP contribution in [0.25, 0.3) is 0 Å². The van der Waals surface area contributed by atoms with Crippen molar-refractivity contribution >= 4 is 56.6 Å². The molecule has 0 rings (SSSR count). The monoisotopic (exact) mass is 404 g/mol. The lowest BCUT2D eigenvalue weighted by Crippen LogP contribution is -2.37. The van der Waals surface area contributed by atoms with Crippen LogP contribution in [0.5, 0.6) is 0 Å². The van der Waals surface area contributed by atoms with Crippen molar-refractivity contribution in [1.29, 1.82) is 0 Å². The van der Waals surface area contributed by atoms with Crippen LogP contribution in [-0.4, -0.2) is 45.2 Å². The molecule has 0 aliphatic heterocycles. The Bertz CT molecular complexity index is 479. The molecule has 0 saturated carbocycles. The third-order valence-corrected chi connectivity index (χ3v) is 6.48. The van der Waals surface area contributed by atoms with Gasteiger partial charge in [0.2, 0.25) is 0 Å². The normalized spacial score (nSPS) is 10.8. The van der Waals surface area contributed by atoms with Crippen LogP contribution in [0.3, 0.4) is 0 Å². The number of hydrogen-bond donors (Lipinski definition) is 0. The molecule has 0 heterocycles. The summed E-state index contributed by atoms with van der Waals surface area (Å²) in [5.41, 5.74) is -0.634.